The van der Waals surface area contributed by atoms with Crippen LogP contribution < -0.4 is 10.1 Å². The summed E-state index contributed by atoms with van der Waals surface area (Å²) >= 11 is 0. The fraction of sp³-hybridized carbons (Fsp3) is 0.263. The summed E-state index contributed by atoms with van der Waals surface area (Å²) in [6.45, 7) is 2.92. The summed E-state index contributed by atoms with van der Waals surface area (Å²) < 4.78 is 5.43. The molecule has 0 radical (unpaired) electrons. The number of amides is 1. The summed E-state index contributed by atoms with van der Waals surface area (Å²) in [5.74, 6) is 0.259. The van der Waals surface area contributed by atoms with Gasteiger partial charge in [0, 0.05) is 12.5 Å². The Labute approximate surface area is 151 Å². The molecule has 0 aliphatic carbocycles. The molecule has 1 N–H and O–H groups in total. The molecular formula is C19H20N2O5. The van der Waals surface area contributed by atoms with Crippen molar-refractivity contribution >= 4 is 23.1 Å². The average molecular weight is 356 g/mol. The number of ketones is 1. The third kappa shape index (κ3) is 5.41. The van der Waals surface area contributed by atoms with Gasteiger partial charge in [0.05, 0.1) is 16.2 Å². The van der Waals surface area contributed by atoms with Crippen molar-refractivity contribution in [1.29, 1.82) is 0 Å². The maximum Gasteiger partial charge on any atom is 0.274 e. The quantitative estimate of drug-likeness (QED) is 0.577. The Bertz CT molecular complexity index is 815. The lowest BCUT2D eigenvalue weighted by Crippen LogP contribution is -2.20. The smallest absolute Gasteiger partial charge is 0.274 e. The Balaban J connectivity index is 1.90. The fourth-order valence-corrected chi connectivity index (χ4v) is 2.36. The van der Waals surface area contributed by atoms with Gasteiger partial charge in [-0.05, 0) is 44.0 Å². The molecule has 0 aliphatic heterocycles. The van der Waals surface area contributed by atoms with Gasteiger partial charge in [-0.1, -0.05) is 18.2 Å². The van der Waals surface area contributed by atoms with Crippen LogP contribution in [0.5, 0.6) is 5.75 Å². The monoisotopic (exact) mass is 356 g/mol. The number of Topliss-reactive ketones (excluding diaryl/α,β-unsaturated/α-hetero) is 1. The van der Waals surface area contributed by atoms with Crippen LogP contribution >= 0.6 is 0 Å². The molecule has 0 unspecified atom stereocenters. The van der Waals surface area contributed by atoms with E-state index in [9.17, 15) is 19.7 Å². The third-order valence-electron chi connectivity index (χ3n) is 3.84. The Kier molecular flexibility index (Phi) is 6.43. The lowest BCUT2D eigenvalue weighted by atomic mass is 10.1. The largest absolute Gasteiger partial charge is 0.484 e. The molecule has 0 atom stereocenters. The number of anilines is 1. The minimum atomic E-state index is -0.491. The van der Waals surface area contributed by atoms with Crippen molar-refractivity contribution in [1.82, 2.24) is 0 Å². The van der Waals surface area contributed by atoms with E-state index >= 15 is 0 Å². The number of benzene rings is 2. The number of nitro groups is 1. The molecule has 2 aromatic rings. The first kappa shape index (κ1) is 19.1. The number of hydrogen-bond donors (Lipinski definition) is 1. The molecule has 136 valence electrons. The summed E-state index contributed by atoms with van der Waals surface area (Å²) in [6, 6.07) is 11.7. The molecule has 1 amide bonds. The van der Waals surface area contributed by atoms with Crippen molar-refractivity contribution in [2.24, 2.45) is 0 Å². The molecule has 0 saturated heterocycles. The van der Waals surface area contributed by atoms with Gasteiger partial charge in [-0.25, -0.2) is 0 Å². The van der Waals surface area contributed by atoms with Crippen LogP contribution in [0.4, 0.5) is 11.4 Å². The normalized spacial score (nSPS) is 10.2. The number of nitrogens with one attached hydrogen (secondary N) is 1. The summed E-state index contributed by atoms with van der Waals surface area (Å²) in [5, 5.41) is 13.5. The van der Waals surface area contributed by atoms with E-state index < -0.39 is 10.8 Å². The third-order valence-corrected chi connectivity index (χ3v) is 3.84. The van der Waals surface area contributed by atoms with E-state index in [4.69, 9.17) is 4.74 Å². The number of ether oxygens (including phenoxy) is 1. The SMILES string of the molecule is CC(=O)CCc1ccc(OCC(=O)Nc2cccc([N+](=O)[O-])c2C)cc1. The zero-order valence-electron chi connectivity index (χ0n) is 14.7. The number of aryl methyl sites for hydroxylation is 1. The van der Waals surface area contributed by atoms with E-state index in [0.29, 0.717) is 29.8 Å². The van der Waals surface area contributed by atoms with Crippen LogP contribution in [0.3, 0.4) is 0 Å². The number of hydrogen-bond acceptors (Lipinski definition) is 5. The first-order chi connectivity index (χ1) is 12.4. The summed E-state index contributed by atoms with van der Waals surface area (Å²) in [4.78, 5) is 33.4. The Morgan fingerprint density at radius 3 is 2.46 bits per heavy atom. The van der Waals surface area contributed by atoms with Crippen molar-refractivity contribution in [3.63, 3.8) is 0 Å². The number of rotatable bonds is 8. The van der Waals surface area contributed by atoms with Crippen LogP contribution in [-0.2, 0) is 16.0 Å². The van der Waals surface area contributed by atoms with Crippen LogP contribution in [0.15, 0.2) is 42.5 Å². The van der Waals surface area contributed by atoms with Gasteiger partial charge in [0.2, 0.25) is 0 Å². The Morgan fingerprint density at radius 2 is 1.85 bits per heavy atom. The van der Waals surface area contributed by atoms with Crippen molar-refractivity contribution in [3.05, 3.63) is 63.7 Å². The predicted octanol–water partition coefficient (Wildman–Crippen LogP) is 3.44. The zero-order chi connectivity index (χ0) is 19.1. The van der Waals surface area contributed by atoms with E-state index in [2.05, 4.69) is 5.32 Å². The lowest BCUT2D eigenvalue weighted by Gasteiger charge is -2.10. The molecule has 0 aromatic heterocycles. The zero-order valence-corrected chi connectivity index (χ0v) is 14.7. The van der Waals surface area contributed by atoms with E-state index in [1.807, 2.05) is 12.1 Å². The van der Waals surface area contributed by atoms with Gasteiger partial charge in [0.1, 0.15) is 11.5 Å². The van der Waals surface area contributed by atoms with Crippen molar-refractivity contribution in [2.75, 3.05) is 11.9 Å². The van der Waals surface area contributed by atoms with Crippen molar-refractivity contribution in [2.45, 2.75) is 26.7 Å². The second-order valence-corrected chi connectivity index (χ2v) is 5.89. The number of carbonyl (C=O) groups is 2. The molecule has 26 heavy (non-hydrogen) atoms. The van der Waals surface area contributed by atoms with Gasteiger partial charge in [0.15, 0.2) is 6.61 Å². The summed E-state index contributed by atoms with van der Waals surface area (Å²) in [5.41, 5.74) is 1.74. The lowest BCUT2D eigenvalue weighted by molar-refractivity contribution is -0.385. The maximum atomic E-state index is 12.0. The van der Waals surface area contributed by atoms with Gasteiger partial charge in [-0.15, -0.1) is 0 Å². The van der Waals surface area contributed by atoms with E-state index in [0.717, 1.165) is 5.56 Å². The second-order valence-electron chi connectivity index (χ2n) is 5.89. The van der Waals surface area contributed by atoms with E-state index in [1.165, 1.54) is 12.1 Å². The molecule has 2 aromatic carbocycles. The van der Waals surface area contributed by atoms with Crippen LogP contribution in [0.1, 0.15) is 24.5 Å². The highest BCUT2D eigenvalue weighted by atomic mass is 16.6. The van der Waals surface area contributed by atoms with Crippen LogP contribution in [0.2, 0.25) is 0 Å². The predicted molar refractivity (Wildman–Crippen MR) is 97.4 cm³/mol. The summed E-state index contributed by atoms with van der Waals surface area (Å²) in [7, 11) is 0. The molecule has 0 bridgehead atoms. The minimum absolute atomic E-state index is 0.0510. The van der Waals surface area contributed by atoms with Crippen molar-refractivity contribution < 1.29 is 19.2 Å². The van der Waals surface area contributed by atoms with Gasteiger partial charge in [-0.3, -0.25) is 14.9 Å². The number of nitro benzene ring substituents is 1. The Hall–Kier alpha value is -3.22. The standard InChI is InChI=1S/C19H20N2O5/c1-13(22)6-7-15-8-10-16(11-9-15)26-12-19(23)20-17-4-3-5-18(14(17)2)21(24)25/h3-5,8-11H,6-7,12H2,1-2H3,(H,20,23). The first-order valence-corrected chi connectivity index (χ1v) is 8.12. The van der Waals surface area contributed by atoms with E-state index in [-0.39, 0.29) is 18.1 Å². The Morgan fingerprint density at radius 1 is 1.15 bits per heavy atom. The molecule has 7 heteroatoms. The highest BCUT2D eigenvalue weighted by molar-refractivity contribution is 5.93. The van der Waals surface area contributed by atoms with E-state index in [1.54, 1.807) is 32.0 Å². The number of nitrogens with zero attached hydrogens (tertiary/aromatic N) is 1. The topological polar surface area (TPSA) is 98.5 Å². The molecule has 0 heterocycles. The highest BCUT2D eigenvalue weighted by Gasteiger charge is 2.15. The molecule has 2 rings (SSSR count). The molecule has 0 aliphatic rings. The van der Waals surface area contributed by atoms with Crippen LogP contribution in [0.25, 0.3) is 0 Å². The van der Waals surface area contributed by atoms with Crippen LogP contribution in [-0.4, -0.2) is 23.2 Å². The van der Waals surface area contributed by atoms with Crippen LogP contribution in [0, 0.1) is 17.0 Å². The van der Waals surface area contributed by atoms with Gasteiger partial charge >= 0.3 is 0 Å². The maximum absolute atomic E-state index is 12.0. The van der Waals surface area contributed by atoms with Gasteiger partial charge in [-0.2, -0.15) is 0 Å². The molecule has 0 fully saturated rings. The van der Waals surface area contributed by atoms with Gasteiger partial charge in [0.25, 0.3) is 11.6 Å². The minimum Gasteiger partial charge on any atom is -0.484 e. The first-order valence-electron chi connectivity index (χ1n) is 8.12. The fourth-order valence-electron chi connectivity index (χ4n) is 2.36. The summed E-state index contributed by atoms with van der Waals surface area (Å²) in [6.07, 6.45) is 1.16. The average Bonchev–Trinajstić information content (AvgIpc) is 2.60. The highest BCUT2D eigenvalue weighted by Crippen LogP contribution is 2.25. The van der Waals surface area contributed by atoms with Gasteiger partial charge < -0.3 is 14.8 Å². The second kappa shape index (κ2) is 8.75. The molecule has 7 nitrogen and oxygen atoms in total. The number of carbonyl (C=O) groups excluding carboxylic acids is 2. The molecular weight excluding hydrogens is 336 g/mol. The van der Waals surface area contributed by atoms with Crippen molar-refractivity contribution in [3.8, 4) is 5.75 Å². The molecule has 0 saturated carbocycles. The molecule has 0 spiro atoms.